The summed E-state index contributed by atoms with van der Waals surface area (Å²) in [7, 11) is 9.62. The lowest BCUT2D eigenvalue weighted by molar-refractivity contribution is -0.453. The molecule has 8 atom stereocenters. The van der Waals surface area contributed by atoms with Crippen LogP contribution in [-0.2, 0) is 66.5 Å². The summed E-state index contributed by atoms with van der Waals surface area (Å²) in [5.41, 5.74) is -7.98. The fourth-order valence-electron chi connectivity index (χ4n) is 8.69. The Morgan fingerprint density at radius 2 is 0.784 bits per heavy atom. The molecular weight excluding hydrogens is 500 g/mol. The van der Waals surface area contributed by atoms with E-state index in [0.717, 1.165) is 28.4 Å². The van der Waals surface area contributed by atoms with Crippen molar-refractivity contribution >= 4 is 23.9 Å². The Hall–Kier alpha value is -2.36. The fourth-order valence-corrected chi connectivity index (χ4v) is 8.69. The van der Waals surface area contributed by atoms with Gasteiger partial charge in [-0.1, -0.05) is 0 Å². The van der Waals surface area contributed by atoms with E-state index in [2.05, 4.69) is 0 Å². The molecule has 4 saturated heterocycles. The van der Waals surface area contributed by atoms with Gasteiger partial charge >= 0.3 is 23.9 Å². The first-order valence-corrected chi connectivity index (χ1v) is 11.5. The molecule has 0 unspecified atom stereocenters. The average molecular weight is 530 g/mol. The lowest BCUT2D eigenvalue weighted by Crippen LogP contribution is -2.85. The molecule has 0 spiro atoms. The Morgan fingerprint density at radius 1 is 0.514 bits per heavy atom. The van der Waals surface area contributed by atoms with Crippen LogP contribution in [0.3, 0.4) is 0 Å². The van der Waals surface area contributed by atoms with Crippen LogP contribution in [0.4, 0.5) is 0 Å². The summed E-state index contributed by atoms with van der Waals surface area (Å²) in [5, 5.41) is 0. The first-order valence-electron chi connectivity index (χ1n) is 11.5. The maximum Gasteiger partial charge on any atom is 0.344 e. The highest BCUT2D eigenvalue weighted by Gasteiger charge is 3.06. The van der Waals surface area contributed by atoms with Crippen molar-refractivity contribution in [2.75, 3.05) is 56.9 Å². The second kappa shape index (κ2) is 7.61. The highest BCUT2D eigenvalue weighted by molar-refractivity contribution is 5.98. The zero-order valence-corrected chi connectivity index (χ0v) is 21.7. The summed E-state index contributed by atoms with van der Waals surface area (Å²) in [6, 6.07) is 0. The first-order chi connectivity index (χ1) is 17.6. The predicted octanol–water partition coefficient (Wildman–Crippen LogP) is -1.43. The van der Waals surface area contributed by atoms with E-state index in [9.17, 15) is 19.2 Å². The van der Waals surface area contributed by atoms with Gasteiger partial charge < -0.3 is 47.4 Å². The molecule has 7 fully saturated rings. The number of ether oxygens (including phenoxy) is 10. The molecule has 7 aliphatic rings. The number of hydrogen-bond acceptors (Lipinski definition) is 14. The highest BCUT2D eigenvalue weighted by Crippen LogP contribution is 2.84. The zero-order valence-electron chi connectivity index (χ0n) is 21.7. The van der Waals surface area contributed by atoms with Crippen LogP contribution in [0.1, 0.15) is 6.42 Å². The minimum absolute atomic E-state index is 0.0139. The topological polar surface area (TPSA) is 161 Å². The maximum absolute atomic E-state index is 13.6. The Bertz CT molecular complexity index is 984. The third-order valence-corrected chi connectivity index (χ3v) is 9.45. The van der Waals surface area contributed by atoms with Gasteiger partial charge in [-0.2, -0.15) is 0 Å². The van der Waals surface area contributed by atoms with Crippen LogP contribution in [0.25, 0.3) is 0 Å². The van der Waals surface area contributed by atoms with E-state index in [4.69, 9.17) is 47.4 Å². The van der Waals surface area contributed by atoms with Crippen molar-refractivity contribution in [2.45, 2.75) is 40.4 Å². The normalized spacial score (nSPS) is 44.5. The second-order valence-electron chi connectivity index (χ2n) is 9.66. The largest absolute Gasteiger partial charge is 0.467 e. The molecule has 37 heavy (non-hydrogen) atoms. The van der Waals surface area contributed by atoms with E-state index in [1.165, 1.54) is 28.4 Å². The van der Waals surface area contributed by atoms with Crippen molar-refractivity contribution in [3.63, 3.8) is 0 Å². The standard InChI is InChI=1S/C23H30O14/c1-28-14(24)18-10-9-11-13(12(10)20(36-18,16(26)30-3)22(18,32-5)33-6)21(17(27)31-4)23(34-7,35-8)19(11,37-21)15(25)29-2/h10-13H,9H2,1-8H3/t10-,11+,12-,13+,18+,19-,20-,21+. The van der Waals surface area contributed by atoms with Gasteiger partial charge in [-0.05, 0) is 6.42 Å². The molecule has 0 aromatic rings. The van der Waals surface area contributed by atoms with E-state index in [-0.39, 0.29) is 6.42 Å². The van der Waals surface area contributed by atoms with E-state index in [1.807, 2.05) is 0 Å². The van der Waals surface area contributed by atoms with Crippen LogP contribution in [-0.4, -0.2) is 115 Å². The van der Waals surface area contributed by atoms with Gasteiger partial charge in [0.1, 0.15) is 0 Å². The first kappa shape index (κ1) is 26.3. The molecule has 0 N–H and O–H groups in total. The van der Waals surface area contributed by atoms with Gasteiger partial charge in [-0.3, -0.25) is 0 Å². The minimum atomic E-state index is -2.06. The number of esters is 4. The molecule has 0 amide bonds. The van der Waals surface area contributed by atoms with Crippen molar-refractivity contribution in [1.82, 2.24) is 0 Å². The lowest BCUT2D eigenvalue weighted by atomic mass is 9.69. The van der Waals surface area contributed by atoms with Gasteiger partial charge in [0.15, 0.2) is 0 Å². The second-order valence-corrected chi connectivity index (χ2v) is 9.66. The lowest BCUT2D eigenvalue weighted by Gasteiger charge is -2.60. The zero-order chi connectivity index (χ0) is 27.4. The van der Waals surface area contributed by atoms with Crippen LogP contribution in [0.2, 0.25) is 0 Å². The van der Waals surface area contributed by atoms with Crippen molar-refractivity contribution in [2.24, 2.45) is 23.7 Å². The molecular formula is C23H30O14. The molecule has 0 radical (unpaired) electrons. The molecule has 4 aliphatic heterocycles. The van der Waals surface area contributed by atoms with E-state index < -0.39 is 81.5 Å². The van der Waals surface area contributed by atoms with Gasteiger partial charge in [0.2, 0.25) is 34.0 Å². The number of carbonyl (C=O) groups excluding carboxylic acids is 4. The smallest absolute Gasteiger partial charge is 0.344 e. The number of rotatable bonds is 8. The molecule has 3 saturated carbocycles. The Balaban J connectivity index is 1.82. The fraction of sp³-hybridized carbons (Fsp3) is 0.826. The van der Waals surface area contributed by atoms with Crippen molar-refractivity contribution < 1.29 is 66.5 Å². The van der Waals surface area contributed by atoms with Crippen molar-refractivity contribution in [3.05, 3.63) is 0 Å². The van der Waals surface area contributed by atoms with Crippen molar-refractivity contribution in [3.8, 4) is 0 Å². The highest BCUT2D eigenvalue weighted by atomic mass is 16.8. The van der Waals surface area contributed by atoms with Crippen LogP contribution in [0.15, 0.2) is 0 Å². The Labute approximate surface area is 212 Å². The molecule has 0 aromatic heterocycles. The van der Waals surface area contributed by atoms with Crippen LogP contribution in [0, 0.1) is 23.7 Å². The Morgan fingerprint density at radius 3 is 1.03 bits per heavy atom. The van der Waals surface area contributed by atoms with Crippen LogP contribution >= 0.6 is 0 Å². The predicted molar refractivity (Wildman–Crippen MR) is 113 cm³/mol. The summed E-state index contributed by atoms with van der Waals surface area (Å²) in [6.45, 7) is 0. The molecule has 206 valence electrons. The molecule has 0 aromatic carbocycles. The quantitative estimate of drug-likeness (QED) is 0.204. The molecule has 14 heteroatoms. The summed E-state index contributed by atoms with van der Waals surface area (Å²) >= 11 is 0. The summed E-state index contributed by atoms with van der Waals surface area (Å²) in [6.07, 6.45) is 0.0139. The van der Waals surface area contributed by atoms with Gasteiger partial charge in [-0.15, -0.1) is 0 Å². The SMILES string of the molecule is COC(=O)[C@@]12O[C@@](C(=O)OC)([C@H]3[C@@H]4[C@H](C[C@H]31)[C@]1(C(=O)OC)O[C@@]4(C(=O)OC)C1(OC)OC)C2(OC)OC. The number of carbonyl (C=O) groups is 4. The van der Waals surface area contributed by atoms with Crippen LogP contribution in [0.5, 0.6) is 0 Å². The Kier molecular flexibility index (Phi) is 5.40. The molecule has 4 heterocycles. The summed E-state index contributed by atoms with van der Waals surface area (Å²) in [5.74, 6) is -11.3. The minimum Gasteiger partial charge on any atom is -0.467 e. The molecule has 7 rings (SSSR count). The van der Waals surface area contributed by atoms with Gasteiger partial charge in [0.05, 0.1) is 28.4 Å². The number of hydrogen-bond donors (Lipinski definition) is 0. The van der Waals surface area contributed by atoms with Gasteiger partial charge in [0.25, 0.3) is 0 Å². The third kappa shape index (κ3) is 2.00. The molecule has 14 nitrogen and oxygen atoms in total. The maximum atomic E-state index is 13.6. The monoisotopic (exact) mass is 530 g/mol. The third-order valence-electron chi connectivity index (χ3n) is 9.45. The molecule has 4 bridgehead atoms. The van der Waals surface area contributed by atoms with Crippen molar-refractivity contribution in [1.29, 1.82) is 0 Å². The van der Waals surface area contributed by atoms with Gasteiger partial charge in [-0.25, -0.2) is 19.2 Å². The average Bonchev–Trinajstić information content (AvgIpc) is 3.61. The summed E-state index contributed by atoms with van der Waals surface area (Å²) < 4.78 is 55.8. The molecule has 3 aliphatic carbocycles. The van der Waals surface area contributed by atoms with E-state index >= 15 is 0 Å². The van der Waals surface area contributed by atoms with E-state index in [1.54, 1.807) is 0 Å². The summed E-state index contributed by atoms with van der Waals surface area (Å²) in [4.78, 5) is 53.9. The number of methoxy groups -OCH3 is 8. The van der Waals surface area contributed by atoms with Gasteiger partial charge in [0, 0.05) is 52.1 Å². The van der Waals surface area contributed by atoms with Crippen LogP contribution < -0.4 is 0 Å². The van der Waals surface area contributed by atoms with E-state index in [0.29, 0.717) is 0 Å².